The molecule has 3 fully saturated rings. The van der Waals surface area contributed by atoms with E-state index < -0.39 is 0 Å². The summed E-state index contributed by atoms with van der Waals surface area (Å²) in [6, 6.07) is 0. The van der Waals surface area contributed by atoms with Crippen LogP contribution in [0.25, 0.3) is 0 Å². The number of allylic oxidation sites excluding steroid dienone is 1. The molecule has 4 aliphatic rings. The van der Waals surface area contributed by atoms with E-state index in [4.69, 9.17) is 5.11 Å². The van der Waals surface area contributed by atoms with Crippen molar-refractivity contribution in [2.45, 2.75) is 88.8 Å². The first kappa shape index (κ1) is 24.2. The third-order valence-electron chi connectivity index (χ3n) is 8.34. The Balaban J connectivity index is 0.000000176. The fraction of sp³-hybridized carbons (Fsp3) is 0.731. The number of hydrogen-bond donors (Lipinski definition) is 1. The van der Waals surface area contributed by atoms with Crippen LogP contribution in [0.1, 0.15) is 84.8 Å². The van der Waals surface area contributed by atoms with E-state index in [1.807, 2.05) is 6.08 Å². The van der Waals surface area contributed by atoms with Gasteiger partial charge in [-0.2, -0.15) is 0 Å². The van der Waals surface area contributed by atoms with Gasteiger partial charge < -0.3 is 5.11 Å². The number of aromatic nitrogens is 1. The van der Waals surface area contributed by atoms with E-state index in [-0.39, 0.29) is 28.5 Å². The van der Waals surface area contributed by atoms with Gasteiger partial charge in [0.1, 0.15) is 5.78 Å². The first-order valence-electron chi connectivity index (χ1n) is 12.1. The highest BCUT2D eigenvalue weighted by molar-refractivity contribution is 8.00. The SMILES string of the molecule is CC(C)(C)c1csc(SCO)n1.CC12CCC(=O)C=C1CCC1C3CCCC3CC(=O)C12. The predicted octanol–water partition coefficient (Wildman–Crippen LogP) is 6.18. The molecule has 0 spiro atoms. The molecular formula is C26H37NO3S2. The first-order chi connectivity index (χ1) is 15.1. The molecule has 32 heavy (non-hydrogen) atoms. The summed E-state index contributed by atoms with van der Waals surface area (Å²) in [4.78, 5) is 28.9. The van der Waals surface area contributed by atoms with Gasteiger partial charge in [0.2, 0.25) is 0 Å². The van der Waals surface area contributed by atoms with Crippen LogP contribution in [0.5, 0.6) is 0 Å². The Hall–Kier alpha value is -0.980. The molecule has 0 radical (unpaired) electrons. The van der Waals surface area contributed by atoms with Gasteiger partial charge in [-0.25, -0.2) is 4.98 Å². The molecule has 5 atom stereocenters. The van der Waals surface area contributed by atoms with E-state index in [1.54, 1.807) is 11.3 Å². The van der Waals surface area contributed by atoms with Crippen LogP contribution in [0.2, 0.25) is 0 Å². The van der Waals surface area contributed by atoms with Crippen LogP contribution in [0.15, 0.2) is 21.4 Å². The summed E-state index contributed by atoms with van der Waals surface area (Å²) in [5, 5.41) is 10.7. The number of carbonyl (C=O) groups is 2. The highest BCUT2D eigenvalue weighted by atomic mass is 32.2. The minimum absolute atomic E-state index is 0.00146. The number of aliphatic hydroxyl groups excluding tert-OH is 1. The maximum atomic E-state index is 12.8. The number of thioether (sulfide) groups is 1. The second-order valence-electron chi connectivity index (χ2n) is 11.3. The Kier molecular flexibility index (Phi) is 7.05. The van der Waals surface area contributed by atoms with Crippen molar-refractivity contribution in [1.82, 2.24) is 4.98 Å². The smallest absolute Gasteiger partial charge is 0.155 e. The van der Waals surface area contributed by atoms with Crippen molar-refractivity contribution in [3.8, 4) is 0 Å². The van der Waals surface area contributed by atoms with Gasteiger partial charge in [0, 0.05) is 29.6 Å². The second kappa shape index (κ2) is 9.34. The number of nitrogens with zero attached hydrogens (tertiary/aromatic N) is 1. The van der Waals surface area contributed by atoms with Gasteiger partial charge in [-0.3, -0.25) is 9.59 Å². The van der Waals surface area contributed by atoms with Crippen LogP contribution in [-0.4, -0.2) is 27.6 Å². The van der Waals surface area contributed by atoms with Gasteiger partial charge in [0.25, 0.3) is 0 Å². The molecule has 0 saturated heterocycles. The Labute approximate surface area is 200 Å². The van der Waals surface area contributed by atoms with E-state index in [2.05, 4.69) is 38.1 Å². The molecule has 1 heterocycles. The van der Waals surface area contributed by atoms with E-state index >= 15 is 0 Å². The number of Topliss-reactive ketones (excluding diaryl/α,β-unsaturated/α-hetero) is 1. The maximum Gasteiger partial charge on any atom is 0.155 e. The molecule has 3 saturated carbocycles. The van der Waals surface area contributed by atoms with Gasteiger partial charge in [-0.1, -0.05) is 51.5 Å². The Bertz CT molecular complexity index is 899. The van der Waals surface area contributed by atoms with Gasteiger partial charge >= 0.3 is 0 Å². The normalized spacial score (nSPS) is 34.1. The largest absolute Gasteiger partial charge is 0.385 e. The zero-order chi connectivity index (χ0) is 23.1. The Morgan fingerprint density at radius 2 is 1.97 bits per heavy atom. The van der Waals surface area contributed by atoms with Crippen LogP contribution < -0.4 is 0 Å². The summed E-state index contributed by atoms with van der Waals surface area (Å²) in [7, 11) is 0. The van der Waals surface area contributed by atoms with Crippen molar-refractivity contribution in [3.63, 3.8) is 0 Å². The lowest BCUT2D eigenvalue weighted by molar-refractivity contribution is -0.139. The number of fused-ring (bicyclic) bond motifs is 5. The fourth-order valence-electron chi connectivity index (χ4n) is 6.70. The molecule has 4 aliphatic carbocycles. The van der Waals surface area contributed by atoms with Crippen LogP contribution in [0.4, 0.5) is 0 Å². The molecule has 6 heteroatoms. The number of hydrogen-bond acceptors (Lipinski definition) is 6. The predicted molar refractivity (Wildman–Crippen MR) is 131 cm³/mol. The quantitative estimate of drug-likeness (QED) is 0.409. The number of thiazole rings is 1. The number of aliphatic hydroxyl groups is 1. The summed E-state index contributed by atoms with van der Waals surface area (Å²) in [5.74, 6) is 3.21. The molecular weight excluding hydrogens is 438 g/mol. The summed E-state index contributed by atoms with van der Waals surface area (Å²) in [6.07, 6.45) is 10.4. The van der Waals surface area contributed by atoms with Gasteiger partial charge in [-0.15, -0.1) is 11.3 Å². The molecule has 176 valence electrons. The van der Waals surface area contributed by atoms with Crippen LogP contribution in [-0.2, 0) is 15.0 Å². The third kappa shape index (κ3) is 4.65. The number of carbonyl (C=O) groups excluding carboxylic acids is 2. The zero-order valence-electron chi connectivity index (χ0n) is 19.9. The van der Waals surface area contributed by atoms with Crippen molar-refractivity contribution in [3.05, 3.63) is 22.7 Å². The second-order valence-corrected chi connectivity index (χ2v) is 13.3. The average molecular weight is 476 g/mol. The molecule has 0 bridgehead atoms. The Morgan fingerprint density at radius 3 is 2.66 bits per heavy atom. The molecule has 0 amide bonds. The van der Waals surface area contributed by atoms with E-state index in [9.17, 15) is 9.59 Å². The summed E-state index contributed by atoms with van der Waals surface area (Å²) in [5.41, 5.74) is 2.51. The number of ketones is 2. The molecule has 1 aromatic rings. The monoisotopic (exact) mass is 475 g/mol. The van der Waals surface area contributed by atoms with E-state index in [0.717, 1.165) is 41.6 Å². The van der Waals surface area contributed by atoms with Crippen LogP contribution >= 0.6 is 23.1 Å². The third-order valence-corrected chi connectivity index (χ3v) is 10.1. The van der Waals surface area contributed by atoms with Gasteiger partial charge in [0.05, 0.1) is 11.6 Å². The van der Waals surface area contributed by atoms with Gasteiger partial charge in [-0.05, 0) is 61.3 Å². The standard InChI is InChI=1S/C18H24O2.C8H13NOS2/c1-18-8-7-13(19)10-12(18)5-6-15-14-4-2-3-11(14)9-16(20)17(15)18;1-8(2,3)6-4-11-7(9-6)12-5-10/h10-11,14-15,17H,2-9H2,1H3;4,10H,5H2,1-3H3. The van der Waals surface area contributed by atoms with E-state index in [1.165, 1.54) is 36.6 Å². The van der Waals surface area contributed by atoms with Gasteiger partial charge in [0.15, 0.2) is 10.1 Å². The van der Waals surface area contributed by atoms with E-state index in [0.29, 0.717) is 24.0 Å². The fourth-order valence-corrected chi connectivity index (χ4v) is 8.31. The zero-order valence-corrected chi connectivity index (χ0v) is 21.5. The number of rotatable bonds is 2. The topological polar surface area (TPSA) is 67.3 Å². The van der Waals surface area contributed by atoms with Crippen molar-refractivity contribution in [2.24, 2.45) is 29.1 Å². The molecule has 5 rings (SSSR count). The summed E-state index contributed by atoms with van der Waals surface area (Å²) < 4.78 is 0.947. The molecule has 4 nitrogen and oxygen atoms in total. The summed E-state index contributed by atoms with van der Waals surface area (Å²) in [6.45, 7) is 8.68. The molecule has 5 unspecified atom stereocenters. The highest BCUT2D eigenvalue weighted by Gasteiger charge is 2.56. The lowest BCUT2D eigenvalue weighted by Crippen LogP contribution is -2.51. The minimum Gasteiger partial charge on any atom is -0.385 e. The highest BCUT2D eigenvalue weighted by Crippen LogP contribution is 2.60. The van der Waals surface area contributed by atoms with Crippen LogP contribution in [0, 0.1) is 29.1 Å². The maximum absolute atomic E-state index is 12.8. The first-order valence-corrected chi connectivity index (χ1v) is 14.0. The average Bonchev–Trinajstić information content (AvgIpc) is 3.38. The lowest BCUT2D eigenvalue weighted by Gasteiger charge is -2.53. The van der Waals surface area contributed by atoms with Crippen molar-refractivity contribution in [1.29, 1.82) is 0 Å². The minimum atomic E-state index is 0.00146. The van der Waals surface area contributed by atoms with Crippen LogP contribution in [0.3, 0.4) is 0 Å². The Morgan fingerprint density at radius 1 is 1.19 bits per heavy atom. The summed E-state index contributed by atoms with van der Waals surface area (Å²) >= 11 is 2.97. The molecule has 1 N–H and O–H groups in total. The lowest BCUT2D eigenvalue weighted by atomic mass is 9.49. The molecule has 0 aliphatic heterocycles. The van der Waals surface area contributed by atoms with Crippen molar-refractivity contribution >= 4 is 34.7 Å². The molecule has 0 aromatic carbocycles. The van der Waals surface area contributed by atoms with Crippen molar-refractivity contribution < 1.29 is 14.7 Å². The molecule has 1 aromatic heterocycles. The van der Waals surface area contributed by atoms with Crippen molar-refractivity contribution in [2.75, 3.05) is 5.94 Å².